The molecule has 144 valence electrons. The van der Waals surface area contributed by atoms with Gasteiger partial charge >= 0.3 is 16.1 Å². The normalized spacial score (nSPS) is 15.1. The monoisotopic (exact) mass is 405 g/mol. The van der Waals surface area contributed by atoms with E-state index < -0.39 is 16.1 Å². The smallest absolute Gasteiger partial charge is 0.368 e. The van der Waals surface area contributed by atoms with Gasteiger partial charge in [0.2, 0.25) is 0 Å². The summed E-state index contributed by atoms with van der Waals surface area (Å²) in [6, 6.07) is 23.5. The van der Waals surface area contributed by atoms with Crippen molar-refractivity contribution in [2.45, 2.75) is 4.90 Å². The summed E-state index contributed by atoms with van der Waals surface area (Å²) >= 11 is 0. The predicted octanol–water partition coefficient (Wildman–Crippen LogP) is 3.80. The molecule has 0 atom stereocenters. The number of carbonyl (C=O) groups is 1. The van der Waals surface area contributed by atoms with Crippen molar-refractivity contribution < 1.29 is 22.2 Å². The van der Waals surface area contributed by atoms with Crippen molar-refractivity contribution in [1.29, 1.82) is 0 Å². The lowest BCUT2D eigenvalue weighted by Crippen LogP contribution is -2.11. The van der Waals surface area contributed by atoms with Gasteiger partial charge in [0.15, 0.2) is 0 Å². The van der Waals surface area contributed by atoms with Gasteiger partial charge in [-0.2, -0.15) is 8.42 Å². The average Bonchev–Trinajstić information content (AvgIpc) is 3.11. The van der Waals surface area contributed by atoms with E-state index in [0.717, 1.165) is 0 Å². The molecule has 3 aromatic rings. The van der Waals surface area contributed by atoms with Crippen LogP contribution < -0.4 is 4.18 Å². The molecule has 0 aliphatic carbocycles. The maximum Gasteiger partial charge on any atom is 0.368 e. The molecule has 0 unspecified atom stereocenters. The van der Waals surface area contributed by atoms with Crippen LogP contribution in [0.2, 0.25) is 0 Å². The molecule has 0 radical (unpaired) electrons. The van der Waals surface area contributed by atoms with Crippen LogP contribution in [0.4, 0.5) is 0 Å². The second-order valence-electron chi connectivity index (χ2n) is 6.13. The van der Waals surface area contributed by atoms with Crippen LogP contribution >= 0.6 is 0 Å². The van der Waals surface area contributed by atoms with E-state index in [1.54, 1.807) is 48.5 Å². The molecule has 0 aromatic heterocycles. The van der Waals surface area contributed by atoms with Crippen molar-refractivity contribution in [3.05, 3.63) is 102 Å². The molecule has 1 aliphatic rings. The van der Waals surface area contributed by atoms with Gasteiger partial charge in [0.05, 0.1) is 5.57 Å². The van der Waals surface area contributed by atoms with Crippen molar-refractivity contribution in [2.75, 3.05) is 0 Å². The van der Waals surface area contributed by atoms with Crippen molar-refractivity contribution in [3.63, 3.8) is 0 Å². The van der Waals surface area contributed by atoms with Gasteiger partial charge in [0.25, 0.3) is 0 Å². The lowest BCUT2D eigenvalue weighted by molar-refractivity contribution is -0.136. The van der Waals surface area contributed by atoms with E-state index in [1.807, 2.05) is 18.2 Å². The van der Waals surface area contributed by atoms with Gasteiger partial charge in [0.1, 0.15) is 16.4 Å². The molecule has 0 fully saturated rings. The highest BCUT2D eigenvalue weighted by Crippen LogP contribution is 2.28. The van der Waals surface area contributed by atoms with Crippen LogP contribution in [0.3, 0.4) is 0 Å². The van der Waals surface area contributed by atoms with Crippen molar-refractivity contribution in [2.24, 2.45) is 5.16 Å². The number of para-hydroxylation sites is 1. The van der Waals surface area contributed by atoms with Gasteiger partial charge < -0.3 is 9.02 Å². The Morgan fingerprint density at radius 1 is 0.828 bits per heavy atom. The SMILES string of the molecule is O=C1ON=C(c2ccccc2)/C1=C/c1ccccc1OS(=O)(=O)c1ccccc1. The number of oxime groups is 1. The van der Waals surface area contributed by atoms with Crippen LogP contribution in [0.5, 0.6) is 5.75 Å². The first kappa shape index (κ1) is 18.6. The minimum absolute atomic E-state index is 0.0364. The fraction of sp³-hybridized carbons (Fsp3) is 0. The molecule has 6 nitrogen and oxygen atoms in total. The second kappa shape index (κ2) is 7.73. The maximum absolute atomic E-state index is 12.6. The number of benzene rings is 3. The third kappa shape index (κ3) is 3.95. The van der Waals surface area contributed by atoms with Crippen LogP contribution in [0.25, 0.3) is 6.08 Å². The Morgan fingerprint density at radius 3 is 2.17 bits per heavy atom. The summed E-state index contributed by atoms with van der Waals surface area (Å²) in [5.41, 5.74) is 1.70. The standard InChI is InChI=1S/C22H15NO5S/c24-22-19(21(23-27-22)16-9-3-1-4-10-16)15-17-11-7-8-14-20(17)28-29(25,26)18-12-5-2-6-13-18/h1-15H/b19-15-. The van der Waals surface area contributed by atoms with Gasteiger partial charge in [-0.3, -0.25) is 0 Å². The first-order chi connectivity index (χ1) is 14.0. The Hall–Kier alpha value is -3.71. The summed E-state index contributed by atoms with van der Waals surface area (Å²) in [5, 5.41) is 3.86. The van der Waals surface area contributed by atoms with Crippen LogP contribution in [0.1, 0.15) is 11.1 Å². The third-order valence-electron chi connectivity index (χ3n) is 4.19. The molecule has 0 bridgehead atoms. The first-order valence-corrected chi connectivity index (χ1v) is 10.1. The van der Waals surface area contributed by atoms with Crippen molar-refractivity contribution in [3.8, 4) is 5.75 Å². The van der Waals surface area contributed by atoms with Gasteiger partial charge in [-0.1, -0.05) is 71.9 Å². The van der Waals surface area contributed by atoms with E-state index in [0.29, 0.717) is 16.8 Å². The number of hydrogen-bond acceptors (Lipinski definition) is 6. The van der Waals surface area contributed by atoms with E-state index in [-0.39, 0.29) is 16.2 Å². The topological polar surface area (TPSA) is 82.0 Å². The van der Waals surface area contributed by atoms with Gasteiger partial charge in [-0.05, 0) is 24.3 Å². The van der Waals surface area contributed by atoms with E-state index in [9.17, 15) is 13.2 Å². The maximum atomic E-state index is 12.6. The van der Waals surface area contributed by atoms with E-state index in [4.69, 9.17) is 9.02 Å². The largest absolute Gasteiger partial charge is 0.378 e. The Balaban J connectivity index is 1.72. The summed E-state index contributed by atoms with van der Waals surface area (Å²) in [7, 11) is -4.02. The Kier molecular flexibility index (Phi) is 4.97. The molecule has 0 amide bonds. The molecular formula is C22H15NO5S. The Morgan fingerprint density at radius 2 is 1.45 bits per heavy atom. The molecule has 0 saturated carbocycles. The third-order valence-corrected chi connectivity index (χ3v) is 5.44. The zero-order chi connectivity index (χ0) is 20.3. The van der Waals surface area contributed by atoms with Gasteiger partial charge in [-0.15, -0.1) is 0 Å². The van der Waals surface area contributed by atoms with Crippen molar-refractivity contribution in [1.82, 2.24) is 0 Å². The molecule has 0 spiro atoms. The van der Waals surface area contributed by atoms with Crippen LogP contribution in [-0.4, -0.2) is 20.1 Å². The summed E-state index contributed by atoms with van der Waals surface area (Å²) in [6.07, 6.45) is 1.51. The number of nitrogens with zero attached hydrogens (tertiary/aromatic N) is 1. The highest BCUT2D eigenvalue weighted by molar-refractivity contribution is 7.87. The molecule has 1 aliphatic heterocycles. The second-order valence-corrected chi connectivity index (χ2v) is 7.68. The lowest BCUT2D eigenvalue weighted by Gasteiger charge is -2.10. The predicted molar refractivity (Wildman–Crippen MR) is 108 cm³/mol. The summed E-state index contributed by atoms with van der Waals surface area (Å²) < 4.78 is 30.5. The molecule has 1 heterocycles. The molecule has 7 heteroatoms. The first-order valence-electron chi connectivity index (χ1n) is 8.70. The highest BCUT2D eigenvalue weighted by Gasteiger charge is 2.27. The minimum atomic E-state index is -4.02. The van der Waals surface area contributed by atoms with Crippen molar-refractivity contribution >= 4 is 27.9 Å². The number of hydrogen-bond donors (Lipinski definition) is 0. The fourth-order valence-corrected chi connectivity index (χ4v) is 3.77. The lowest BCUT2D eigenvalue weighted by atomic mass is 10.0. The summed E-state index contributed by atoms with van der Waals surface area (Å²) in [6.45, 7) is 0. The van der Waals surface area contributed by atoms with Crippen LogP contribution in [0, 0.1) is 0 Å². The minimum Gasteiger partial charge on any atom is -0.378 e. The summed E-state index contributed by atoms with van der Waals surface area (Å²) in [4.78, 5) is 17.1. The molecule has 3 aromatic carbocycles. The van der Waals surface area contributed by atoms with Gasteiger partial charge in [-0.25, -0.2) is 4.79 Å². The Labute approximate surface area is 167 Å². The summed E-state index contributed by atoms with van der Waals surface area (Å²) in [5.74, 6) is -0.527. The zero-order valence-electron chi connectivity index (χ0n) is 15.1. The quantitative estimate of drug-likeness (QED) is 0.366. The molecule has 29 heavy (non-hydrogen) atoms. The van der Waals surface area contributed by atoms with Crippen LogP contribution in [-0.2, 0) is 19.8 Å². The van der Waals surface area contributed by atoms with Crippen LogP contribution in [0.15, 0.2) is 101 Å². The number of rotatable bonds is 5. The molecular weight excluding hydrogens is 390 g/mol. The highest BCUT2D eigenvalue weighted by atomic mass is 32.2. The van der Waals surface area contributed by atoms with E-state index in [2.05, 4.69) is 5.16 Å². The number of carbonyl (C=O) groups excluding carboxylic acids is 1. The average molecular weight is 405 g/mol. The van der Waals surface area contributed by atoms with E-state index >= 15 is 0 Å². The Bertz CT molecular complexity index is 1220. The zero-order valence-corrected chi connectivity index (χ0v) is 15.9. The molecule has 0 N–H and O–H groups in total. The molecule has 4 rings (SSSR count). The van der Waals surface area contributed by atoms with E-state index in [1.165, 1.54) is 24.3 Å². The molecule has 0 saturated heterocycles. The fourth-order valence-electron chi connectivity index (χ4n) is 2.80. The van der Waals surface area contributed by atoms with Gasteiger partial charge in [0, 0.05) is 11.1 Å².